The van der Waals surface area contributed by atoms with E-state index in [4.69, 9.17) is 13.3 Å². The lowest BCUT2D eigenvalue weighted by atomic mass is 9.45. The molecule has 7 aromatic carbocycles. The second-order valence-corrected chi connectivity index (χ2v) is 18.7. The van der Waals surface area contributed by atoms with Gasteiger partial charge in [0, 0.05) is 54.8 Å². The van der Waals surface area contributed by atoms with Crippen molar-refractivity contribution in [1.82, 2.24) is 4.48 Å². The number of anilines is 3. The van der Waals surface area contributed by atoms with Crippen molar-refractivity contribution in [2.24, 2.45) is 0 Å². The first-order chi connectivity index (χ1) is 28.7. The third-order valence-electron chi connectivity index (χ3n) is 14.5. The number of para-hydroxylation sites is 4. The topological polar surface area (TPSA) is 47.6 Å². The van der Waals surface area contributed by atoms with E-state index >= 15 is 0 Å². The molecule has 0 unspecified atom stereocenters. The molecule has 5 nitrogen and oxygen atoms in total. The van der Waals surface area contributed by atoms with Crippen LogP contribution >= 0.6 is 0 Å². The Morgan fingerprint density at radius 2 is 1.19 bits per heavy atom. The number of aryl methyl sites for hydroxylation is 1. The molecule has 14 rings (SSSR count). The number of furan rings is 3. The molecule has 6 heteroatoms. The molecule has 0 bridgehead atoms. The fraction of sp³-hybridized carbons (Fsp3) is 0.170. The average molecular weight is 763 g/mol. The highest BCUT2D eigenvalue weighted by atomic mass is 16.3. The van der Waals surface area contributed by atoms with Gasteiger partial charge in [-0.15, -0.1) is 0 Å². The van der Waals surface area contributed by atoms with Gasteiger partial charge in [0.2, 0.25) is 0 Å². The summed E-state index contributed by atoms with van der Waals surface area (Å²) in [5.74, 6) is 0. The number of rotatable bonds is 1. The van der Waals surface area contributed by atoms with Crippen LogP contribution in [0.4, 0.5) is 17.1 Å². The molecule has 0 N–H and O–H groups in total. The Morgan fingerprint density at radius 1 is 0.542 bits per heavy atom. The van der Waals surface area contributed by atoms with E-state index in [1.54, 1.807) is 0 Å². The summed E-state index contributed by atoms with van der Waals surface area (Å²) < 4.78 is 23.4. The zero-order valence-electron chi connectivity index (χ0n) is 33.7. The van der Waals surface area contributed by atoms with Crippen LogP contribution in [0.5, 0.6) is 0 Å². The highest BCUT2D eigenvalue weighted by Gasteiger charge is 2.47. The molecule has 11 aromatic rings. The van der Waals surface area contributed by atoms with Crippen LogP contribution < -0.4 is 15.8 Å². The fourth-order valence-corrected chi connectivity index (χ4v) is 11.5. The summed E-state index contributed by atoms with van der Waals surface area (Å²) in [6.07, 6.45) is 2.30. The standard InChI is InChI=1S/C53H39BN2O3/c1-28-23-37-38(53(4,5)22-21-52(37,2)3)26-40(28)55-41-25-34-29-13-6-9-18-42(29)57-45(34)27-39(41)54-47-35(24-36-30-14-7-10-19-43(30)58-50(36)49(47)55)31-16-12-17-33-46-32-15-8-11-20-44(32)59-51(46)56(54)48(31)33/h6-20,23-27H,21-22H2,1-5H3. The van der Waals surface area contributed by atoms with Crippen molar-refractivity contribution in [1.29, 1.82) is 0 Å². The van der Waals surface area contributed by atoms with Crippen LogP contribution in [-0.2, 0) is 10.8 Å². The molecule has 4 aromatic heterocycles. The van der Waals surface area contributed by atoms with Crippen LogP contribution in [0.3, 0.4) is 0 Å². The minimum Gasteiger partial charge on any atom is -0.456 e. The van der Waals surface area contributed by atoms with Gasteiger partial charge in [-0.05, 0) is 106 Å². The van der Waals surface area contributed by atoms with Gasteiger partial charge >= 0.3 is 6.85 Å². The molecule has 0 atom stereocenters. The van der Waals surface area contributed by atoms with Crippen LogP contribution in [0.15, 0.2) is 135 Å². The van der Waals surface area contributed by atoms with Gasteiger partial charge in [0.05, 0.1) is 11.1 Å². The predicted molar refractivity (Wildman–Crippen MR) is 244 cm³/mol. The SMILES string of the molecule is Cc1cc2c(cc1N1c3cc4c(cc3B3c5c(cc6c(oc7ccccc76)c51)-c1cccc5c6c7ccccc7oc6n3c15)oc1ccccc14)C(C)(C)CCC2(C)C. The minimum atomic E-state index is -0.231. The lowest BCUT2D eigenvalue weighted by Crippen LogP contribution is -2.56. The maximum absolute atomic E-state index is 7.14. The number of nitrogens with zero attached hydrogens (tertiary/aromatic N) is 2. The minimum absolute atomic E-state index is 0.0204. The van der Waals surface area contributed by atoms with Gasteiger partial charge in [-0.1, -0.05) is 107 Å². The number of aromatic nitrogens is 1. The third-order valence-corrected chi connectivity index (χ3v) is 14.5. The molecule has 0 amide bonds. The monoisotopic (exact) mass is 762 g/mol. The van der Waals surface area contributed by atoms with Crippen molar-refractivity contribution in [2.75, 3.05) is 4.90 Å². The molecule has 59 heavy (non-hydrogen) atoms. The second-order valence-electron chi connectivity index (χ2n) is 18.7. The van der Waals surface area contributed by atoms with Crippen LogP contribution in [-0.4, -0.2) is 11.3 Å². The van der Waals surface area contributed by atoms with E-state index in [1.807, 2.05) is 0 Å². The molecule has 0 radical (unpaired) electrons. The second kappa shape index (κ2) is 10.5. The summed E-state index contributed by atoms with van der Waals surface area (Å²) in [7, 11) is 0. The summed E-state index contributed by atoms with van der Waals surface area (Å²) in [6.45, 7) is 11.8. The van der Waals surface area contributed by atoms with Gasteiger partial charge < -0.3 is 22.6 Å². The van der Waals surface area contributed by atoms with Crippen molar-refractivity contribution in [3.05, 3.63) is 138 Å². The maximum Gasteiger partial charge on any atom is 0.336 e. The van der Waals surface area contributed by atoms with Crippen LogP contribution in [0.1, 0.15) is 57.2 Å². The smallest absolute Gasteiger partial charge is 0.336 e. The zero-order valence-corrected chi connectivity index (χ0v) is 33.7. The van der Waals surface area contributed by atoms with Gasteiger partial charge in [-0.2, -0.15) is 0 Å². The van der Waals surface area contributed by atoms with E-state index in [-0.39, 0.29) is 17.7 Å². The van der Waals surface area contributed by atoms with Gasteiger partial charge in [0.25, 0.3) is 0 Å². The van der Waals surface area contributed by atoms with E-state index < -0.39 is 0 Å². The van der Waals surface area contributed by atoms with Crippen LogP contribution in [0.2, 0.25) is 0 Å². The van der Waals surface area contributed by atoms with Crippen molar-refractivity contribution in [2.45, 2.75) is 58.3 Å². The lowest BCUT2D eigenvalue weighted by Gasteiger charge is -2.44. The van der Waals surface area contributed by atoms with Crippen LogP contribution in [0.25, 0.3) is 88.0 Å². The Hall–Kier alpha value is -6.66. The van der Waals surface area contributed by atoms with Crippen LogP contribution in [0, 0.1) is 6.92 Å². The molecular weight excluding hydrogens is 723 g/mol. The van der Waals surface area contributed by atoms with Crippen molar-refractivity contribution in [3.8, 4) is 11.1 Å². The molecule has 6 heterocycles. The van der Waals surface area contributed by atoms with Crippen molar-refractivity contribution >= 4 is 112 Å². The van der Waals surface area contributed by atoms with Gasteiger partial charge in [-0.25, -0.2) is 0 Å². The largest absolute Gasteiger partial charge is 0.456 e. The normalized spacial score (nSPS) is 16.3. The Kier molecular flexibility index (Phi) is 5.75. The molecule has 0 fully saturated rings. The number of hydrogen-bond acceptors (Lipinski definition) is 4. The lowest BCUT2D eigenvalue weighted by molar-refractivity contribution is 0.332. The van der Waals surface area contributed by atoms with E-state index in [9.17, 15) is 0 Å². The summed E-state index contributed by atoms with van der Waals surface area (Å²) in [5, 5.41) is 7.96. The van der Waals surface area contributed by atoms with E-state index in [2.05, 4.69) is 165 Å². The number of benzene rings is 7. The molecule has 3 aliphatic rings. The Labute approximate surface area is 340 Å². The quantitative estimate of drug-likeness (QED) is 0.156. The summed E-state index contributed by atoms with van der Waals surface area (Å²) in [4.78, 5) is 2.56. The van der Waals surface area contributed by atoms with Gasteiger partial charge in [0.1, 0.15) is 22.3 Å². The highest BCUT2D eigenvalue weighted by molar-refractivity contribution is 6.90. The highest BCUT2D eigenvalue weighted by Crippen LogP contribution is 2.54. The molecule has 0 spiro atoms. The van der Waals surface area contributed by atoms with E-state index in [0.29, 0.717) is 0 Å². The molecule has 2 aliphatic heterocycles. The average Bonchev–Trinajstić information content (AvgIpc) is 3.99. The van der Waals surface area contributed by atoms with Gasteiger partial charge in [0.15, 0.2) is 11.3 Å². The fourth-order valence-electron chi connectivity index (χ4n) is 11.5. The first kappa shape index (κ1) is 32.3. The molecule has 1 aliphatic carbocycles. The number of fused-ring (bicyclic) bond motifs is 17. The third kappa shape index (κ3) is 3.89. The maximum atomic E-state index is 7.14. The zero-order chi connectivity index (χ0) is 39.3. The molecule has 0 saturated carbocycles. The number of hydrogen-bond donors (Lipinski definition) is 0. The molecule has 0 saturated heterocycles. The van der Waals surface area contributed by atoms with Gasteiger partial charge in [-0.3, -0.25) is 0 Å². The Balaban J connectivity index is 1.21. The predicted octanol–water partition coefficient (Wildman–Crippen LogP) is 13.4. The first-order valence-electron chi connectivity index (χ1n) is 21.0. The van der Waals surface area contributed by atoms with Crippen molar-refractivity contribution in [3.63, 3.8) is 0 Å². The van der Waals surface area contributed by atoms with E-state index in [1.165, 1.54) is 61.8 Å². The molecular formula is C53H39BN2O3. The van der Waals surface area contributed by atoms with E-state index in [0.717, 1.165) is 83.7 Å². The Morgan fingerprint density at radius 3 is 1.95 bits per heavy atom. The first-order valence-corrected chi connectivity index (χ1v) is 21.0. The summed E-state index contributed by atoms with van der Waals surface area (Å²) in [6, 6.07) is 44.4. The summed E-state index contributed by atoms with van der Waals surface area (Å²) in [5.41, 5.74) is 19.0. The summed E-state index contributed by atoms with van der Waals surface area (Å²) >= 11 is 0. The molecule has 282 valence electrons. The van der Waals surface area contributed by atoms with Crippen molar-refractivity contribution < 1.29 is 13.3 Å². The Bertz CT molecular complexity index is 3720.